The molecule has 0 unspecified atom stereocenters. The highest BCUT2D eigenvalue weighted by molar-refractivity contribution is 9.10. The minimum Gasteiger partial charge on any atom is -0.494 e. The van der Waals surface area contributed by atoms with Gasteiger partial charge in [-0.1, -0.05) is 31.5 Å². The molecule has 0 aliphatic carbocycles. The largest absolute Gasteiger partial charge is 0.494 e. The summed E-state index contributed by atoms with van der Waals surface area (Å²) >= 11 is 3.44. The van der Waals surface area contributed by atoms with Gasteiger partial charge in [0.2, 0.25) is 0 Å². The number of urea groups is 1. The lowest BCUT2D eigenvalue weighted by Gasteiger charge is -2.26. The number of hydrogen-bond donors (Lipinski definition) is 1. The summed E-state index contributed by atoms with van der Waals surface area (Å²) in [6.07, 6.45) is 3.34. The van der Waals surface area contributed by atoms with E-state index in [1.807, 2.05) is 0 Å². The number of amides is 4. The van der Waals surface area contributed by atoms with Gasteiger partial charge in [0.25, 0.3) is 11.8 Å². The van der Waals surface area contributed by atoms with Crippen LogP contribution in [0.5, 0.6) is 11.5 Å². The van der Waals surface area contributed by atoms with Crippen molar-refractivity contribution in [1.82, 2.24) is 5.32 Å². The molecule has 0 atom stereocenters. The van der Waals surface area contributed by atoms with Gasteiger partial charge in [-0.3, -0.25) is 14.9 Å². The van der Waals surface area contributed by atoms with Crippen molar-refractivity contribution in [2.75, 3.05) is 11.5 Å². The number of barbiturate groups is 1. The van der Waals surface area contributed by atoms with Gasteiger partial charge in [-0.05, 0) is 88.1 Å². The number of rotatable bonds is 9. The highest BCUT2D eigenvalue weighted by atomic mass is 79.9. The number of nitrogens with one attached hydrogen (secondary N) is 1. The van der Waals surface area contributed by atoms with E-state index in [9.17, 15) is 18.8 Å². The van der Waals surface area contributed by atoms with Gasteiger partial charge in [0.05, 0.1) is 16.8 Å². The first-order chi connectivity index (χ1) is 17.9. The van der Waals surface area contributed by atoms with Crippen LogP contribution in [0.3, 0.4) is 0 Å². The fraction of sp³-hybridized carbons (Fsp3) is 0.179. The van der Waals surface area contributed by atoms with Crippen LogP contribution < -0.4 is 19.7 Å². The average Bonchev–Trinajstić information content (AvgIpc) is 2.88. The van der Waals surface area contributed by atoms with Crippen molar-refractivity contribution < 1.29 is 28.2 Å². The third-order valence-corrected chi connectivity index (χ3v) is 6.16. The molecule has 0 radical (unpaired) electrons. The Morgan fingerprint density at radius 2 is 1.70 bits per heavy atom. The number of carbonyl (C=O) groups is 3. The Kier molecular flexibility index (Phi) is 8.35. The van der Waals surface area contributed by atoms with Crippen LogP contribution in [0.4, 0.5) is 14.9 Å². The first kappa shape index (κ1) is 26.1. The van der Waals surface area contributed by atoms with Gasteiger partial charge < -0.3 is 9.47 Å². The van der Waals surface area contributed by atoms with Crippen LogP contribution in [0.25, 0.3) is 6.08 Å². The Bertz CT molecular complexity index is 1340. The SMILES string of the molecule is CCCCOc1ccc(N2C(=O)NC(=O)/C(=C/c3ccc(OCc4ccc(F)cc4)c(Br)c3)C2=O)cc1. The average molecular weight is 567 g/mol. The highest BCUT2D eigenvalue weighted by Crippen LogP contribution is 2.29. The van der Waals surface area contributed by atoms with Crippen LogP contribution in [0.15, 0.2) is 76.8 Å². The van der Waals surface area contributed by atoms with Gasteiger partial charge in [-0.2, -0.15) is 0 Å². The number of halogens is 2. The molecule has 0 bridgehead atoms. The molecular formula is C28H24BrFN2O5. The standard InChI is InChI=1S/C28H24BrFN2O5/c1-2-3-14-36-22-11-9-21(10-12-22)32-27(34)23(26(33)31-28(32)35)15-19-6-13-25(24(29)16-19)37-17-18-4-7-20(30)8-5-18/h4-13,15-16H,2-3,14,17H2,1H3,(H,31,33,35)/b23-15-. The maximum atomic E-state index is 13.2. The quantitative estimate of drug-likeness (QED) is 0.195. The Morgan fingerprint density at radius 3 is 2.38 bits per heavy atom. The zero-order valence-electron chi connectivity index (χ0n) is 20.0. The molecule has 7 nitrogen and oxygen atoms in total. The van der Waals surface area contributed by atoms with E-state index in [0.29, 0.717) is 33.8 Å². The molecular weight excluding hydrogens is 543 g/mol. The maximum absolute atomic E-state index is 13.2. The lowest BCUT2D eigenvalue weighted by atomic mass is 10.1. The fourth-order valence-electron chi connectivity index (χ4n) is 3.55. The van der Waals surface area contributed by atoms with Crippen LogP contribution in [-0.2, 0) is 16.2 Å². The second kappa shape index (κ2) is 11.8. The van der Waals surface area contributed by atoms with Crippen molar-refractivity contribution in [3.8, 4) is 11.5 Å². The number of hydrogen-bond acceptors (Lipinski definition) is 5. The van der Waals surface area contributed by atoms with Gasteiger partial charge >= 0.3 is 6.03 Å². The van der Waals surface area contributed by atoms with Gasteiger partial charge in [0.15, 0.2) is 0 Å². The van der Waals surface area contributed by atoms with Crippen LogP contribution in [-0.4, -0.2) is 24.5 Å². The molecule has 4 amide bonds. The van der Waals surface area contributed by atoms with E-state index in [4.69, 9.17) is 9.47 Å². The summed E-state index contributed by atoms with van der Waals surface area (Å²) in [6.45, 7) is 2.88. The van der Waals surface area contributed by atoms with Crippen LogP contribution >= 0.6 is 15.9 Å². The number of benzene rings is 3. The van der Waals surface area contributed by atoms with Crippen molar-refractivity contribution >= 4 is 45.5 Å². The Morgan fingerprint density at radius 1 is 0.973 bits per heavy atom. The molecule has 1 fully saturated rings. The predicted molar refractivity (Wildman–Crippen MR) is 141 cm³/mol. The van der Waals surface area contributed by atoms with Gasteiger partial charge in [0.1, 0.15) is 29.5 Å². The van der Waals surface area contributed by atoms with Crippen molar-refractivity contribution in [3.63, 3.8) is 0 Å². The predicted octanol–water partition coefficient (Wildman–Crippen LogP) is 6.01. The molecule has 9 heteroatoms. The van der Waals surface area contributed by atoms with Crippen molar-refractivity contribution in [2.24, 2.45) is 0 Å². The minimum atomic E-state index is -0.822. The monoisotopic (exact) mass is 566 g/mol. The molecule has 3 aromatic rings. The van der Waals surface area contributed by atoms with E-state index in [0.717, 1.165) is 23.3 Å². The number of ether oxygens (including phenoxy) is 2. The number of unbranched alkanes of at least 4 members (excludes halogenated alkanes) is 1. The Labute approximate surface area is 222 Å². The summed E-state index contributed by atoms with van der Waals surface area (Å²) < 4.78 is 25.1. The molecule has 1 N–H and O–H groups in total. The van der Waals surface area contributed by atoms with Gasteiger partial charge in [-0.25, -0.2) is 14.1 Å². The molecule has 190 valence electrons. The lowest BCUT2D eigenvalue weighted by Crippen LogP contribution is -2.54. The van der Waals surface area contributed by atoms with E-state index in [2.05, 4.69) is 28.2 Å². The van der Waals surface area contributed by atoms with Crippen LogP contribution in [0.1, 0.15) is 30.9 Å². The molecule has 0 aromatic heterocycles. The minimum absolute atomic E-state index is 0.185. The smallest absolute Gasteiger partial charge is 0.335 e. The summed E-state index contributed by atoms with van der Waals surface area (Å²) in [5.74, 6) is -0.679. The van der Waals surface area contributed by atoms with E-state index >= 15 is 0 Å². The molecule has 37 heavy (non-hydrogen) atoms. The van der Waals surface area contributed by atoms with Crippen LogP contribution in [0.2, 0.25) is 0 Å². The number of nitrogens with zero attached hydrogens (tertiary/aromatic N) is 1. The zero-order valence-corrected chi connectivity index (χ0v) is 21.6. The Hall–Kier alpha value is -3.98. The third kappa shape index (κ3) is 6.42. The molecule has 0 saturated carbocycles. The van der Waals surface area contributed by atoms with Gasteiger partial charge in [-0.15, -0.1) is 0 Å². The van der Waals surface area contributed by atoms with E-state index in [-0.39, 0.29) is 18.0 Å². The van der Waals surface area contributed by atoms with E-state index in [1.165, 1.54) is 18.2 Å². The zero-order chi connectivity index (χ0) is 26.4. The second-order valence-electron chi connectivity index (χ2n) is 8.26. The first-order valence-electron chi connectivity index (χ1n) is 11.7. The van der Waals surface area contributed by atoms with E-state index in [1.54, 1.807) is 54.6 Å². The van der Waals surface area contributed by atoms with Crippen molar-refractivity contribution in [3.05, 3.63) is 93.7 Å². The molecule has 1 heterocycles. The maximum Gasteiger partial charge on any atom is 0.335 e. The lowest BCUT2D eigenvalue weighted by molar-refractivity contribution is -0.122. The molecule has 1 aliphatic heterocycles. The van der Waals surface area contributed by atoms with E-state index < -0.39 is 17.8 Å². The summed E-state index contributed by atoms with van der Waals surface area (Å²) in [4.78, 5) is 39.1. The van der Waals surface area contributed by atoms with Gasteiger partial charge in [0, 0.05) is 0 Å². The highest BCUT2D eigenvalue weighted by Gasteiger charge is 2.36. The summed E-state index contributed by atoms with van der Waals surface area (Å²) in [5, 5.41) is 2.22. The molecule has 4 rings (SSSR count). The van der Waals surface area contributed by atoms with Crippen LogP contribution in [0, 0.1) is 5.82 Å². The number of carbonyl (C=O) groups excluding carboxylic acids is 3. The third-order valence-electron chi connectivity index (χ3n) is 5.54. The first-order valence-corrected chi connectivity index (χ1v) is 12.5. The summed E-state index contributed by atoms with van der Waals surface area (Å²) in [6, 6.07) is 16.8. The topological polar surface area (TPSA) is 84.9 Å². The Balaban J connectivity index is 1.50. The molecule has 1 saturated heterocycles. The molecule has 1 aliphatic rings. The van der Waals surface area contributed by atoms with Crippen molar-refractivity contribution in [1.29, 1.82) is 0 Å². The van der Waals surface area contributed by atoms with Crippen molar-refractivity contribution in [2.45, 2.75) is 26.4 Å². The number of anilines is 1. The molecule has 0 spiro atoms. The number of imide groups is 2. The fourth-order valence-corrected chi connectivity index (χ4v) is 4.06. The normalized spacial score (nSPS) is 14.6. The molecule has 3 aromatic carbocycles. The summed E-state index contributed by atoms with van der Waals surface area (Å²) in [5.41, 5.74) is 1.48. The second-order valence-corrected chi connectivity index (χ2v) is 9.11. The summed E-state index contributed by atoms with van der Waals surface area (Å²) in [7, 11) is 0.